The number of rotatable bonds is 5. The maximum atomic E-state index is 12.1. The SMILES string of the molecule is CC(C)[C@@H](N)C(=O)Nc1ccccc1Cc1ccccc1. The number of nitrogens with two attached hydrogens (primary N) is 1. The molecular weight excluding hydrogens is 260 g/mol. The minimum absolute atomic E-state index is 0.117. The molecule has 3 N–H and O–H groups in total. The van der Waals surface area contributed by atoms with Crippen LogP contribution in [0, 0.1) is 5.92 Å². The third kappa shape index (κ3) is 4.17. The molecule has 1 atom stereocenters. The predicted octanol–water partition coefficient (Wildman–Crippen LogP) is 3.20. The van der Waals surface area contributed by atoms with E-state index in [2.05, 4.69) is 17.4 Å². The number of nitrogens with one attached hydrogen (secondary N) is 1. The second-order valence-electron chi connectivity index (χ2n) is 5.58. The summed E-state index contributed by atoms with van der Waals surface area (Å²) < 4.78 is 0. The normalized spacial score (nSPS) is 12.2. The largest absolute Gasteiger partial charge is 0.324 e. The number of para-hydroxylation sites is 1. The molecule has 0 heterocycles. The molecule has 3 heteroatoms. The lowest BCUT2D eigenvalue weighted by atomic mass is 10.0. The van der Waals surface area contributed by atoms with Gasteiger partial charge in [0.25, 0.3) is 0 Å². The van der Waals surface area contributed by atoms with E-state index < -0.39 is 6.04 Å². The van der Waals surface area contributed by atoms with Gasteiger partial charge in [-0.2, -0.15) is 0 Å². The van der Waals surface area contributed by atoms with E-state index in [1.165, 1.54) is 5.56 Å². The van der Waals surface area contributed by atoms with Crippen molar-refractivity contribution in [2.45, 2.75) is 26.3 Å². The Labute approximate surface area is 126 Å². The van der Waals surface area contributed by atoms with Gasteiger partial charge in [-0.25, -0.2) is 0 Å². The minimum atomic E-state index is -0.491. The molecule has 1 amide bonds. The van der Waals surface area contributed by atoms with Crippen LogP contribution in [0.1, 0.15) is 25.0 Å². The molecular formula is C18H22N2O. The molecule has 2 rings (SSSR count). The Balaban J connectivity index is 2.16. The Morgan fingerprint density at radius 2 is 1.67 bits per heavy atom. The van der Waals surface area contributed by atoms with E-state index in [0.717, 1.165) is 17.7 Å². The van der Waals surface area contributed by atoms with E-state index in [9.17, 15) is 4.79 Å². The second-order valence-corrected chi connectivity index (χ2v) is 5.58. The minimum Gasteiger partial charge on any atom is -0.324 e. The summed E-state index contributed by atoms with van der Waals surface area (Å²) in [5, 5.41) is 2.95. The highest BCUT2D eigenvalue weighted by Crippen LogP contribution is 2.19. The Kier molecular flexibility index (Phi) is 5.12. The smallest absolute Gasteiger partial charge is 0.241 e. The van der Waals surface area contributed by atoms with Crippen molar-refractivity contribution in [1.29, 1.82) is 0 Å². The first kappa shape index (κ1) is 15.3. The molecule has 0 fully saturated rings. The Bertz CT molecular complexity index is 593. The molecule has 0 saturated heterocycles. The summed E-state index contributed by atoms with van der Waals surface area (Å²) in [6, 6.07) is 17.6. The van der Waals surface area contributed by atoms with Crippen molar-refractivity contribution in [3.63, 3.8) is 0 Å². The standard InChI is InChI=1S/C18H22N2O/c1-13(2)17(19)18(21)20-16-11-7-6-10-15(16)12-14-8-4-3-5-9-14/h3-11,13,17H,12,19H2,1-2H3,(H,20,21)/t17-/m1/s1. The van der Waals surface area contributed by atoms with E-state index in [-0.39, 0.29) is 11.8 Å². The van der Waals surface area contributed by atoms with Gasteiger partial charge in [-0.3, -0.25) is 4.79 Å². The summed E-state index contributed by atoms with van der Waals surface area (Å²) in [5.41, 5.74) is 9.04. The molecule has 0 spiro atoms. The highest BCUT2D eigenvalue weighted by Gasteiger charge is 2.18. The van der Waals surface area contributed by atoms with Gasteiger partial charge in [0.2, 0.25) is 5.91 Å². The fraction of sp³-hybridized carbons (Fsp3) is 0.278. The lowest BCUT2D eigenvalue weighted by Gasteiger charge is -2.17. The van der Waals surface area contributed by atoms with Crippen LogP contribution in [0.4, 0.5) is 5.69 Å². The molecule has 3 nitrogen and oxygen atoms in total. The summed E-state index contributed by atoms with van der Waals surface area (Å²) in [6.45, 7) is 3.89. The van der Waals surface area contributed by atoms with E-state index >= 15 is 0 Å². The number of anilines is 1. The van der Waals surface area contributed by atoms with Crippen LogP contribution in [0.5, 0.6) is 0 Å². The van der Waals surface area contributed by atoms with Gasteiger partial charge < -0.3 is 11.1 Å². The molecule has 21 heavy (non-hydrogen) atoms. The summed E-state index contributed by atoms with van der Waals surface area (Å²) in [5.74, 6) is -0.0169. The van der Waals surface area contributed by atoms with Crippen LogP contribution in [0.2, 0.25) is 0 Å². The van der Waals surface area contributed by atoms with E-state index in [4.69, 9.17) is 5.73 Å². The highest BCUT2D eigenvalue weighted by atomic mass is 16.2. The Hall–Kier alpha value is -2.13. The molecule has 0 unspecified atom stereocenters. The van der Waals surface area contributed by atoms with Gasteiger partial charge in [0.1, 0.15) is 0 Å². The molecule has 0 aliphatic rings. The predicted molar refractivity (Wildman–Crippen MR) is 87.1 cm³/mol. The van der Waals surface area contributed by atoms with Crippen LogP contribution in [-0.4, -0.2) is 11.9 Å². The topological polar surface area (TPSA) is 55.1 Å². The van der Waals surface area contributed by atoms with E-state index in [1.54, 1.807) is 0 Å². The molecule has 0 aliphatic carbocycles. The quantitative estimate of drug-likeness (QED) is 0.885. The molecule has 2 aromatic carbocycles. The van der Waals surface area contributed by atoms with Gasteiger partial charge in [0, 0.05) is 5.69 Å². The number of carbonyl (C=O) groups excluding carboxylic acids is 1. The van der Waals surface area contributed by atoms with Crippen molar-refractivity contribution in [2.75, 3.05) is 5.32 Å². The maximum Gasteiger partial charge on any atom is 0.241 e. The summed E-state index contributed by atoms with van der Waals surface area (Å²) in [4.78, 5) is 12.1. The molecule has 0 aromatic heterocycles. The van der Waals surface area contributed by atoms with Crippen LogP contribution in [0.15, 0.2) is 54.6 Å². The average molecular weight is 282 g/mol. The first-order valence-corrected chi connectivity index (χ1v) is 7.26. The maximum absolute atomic E-state index is 12.1. The van der Waals surface area contributed by atoms with Crippen LogP contribution in [0.3, 0.4) is 0 Å². The zero-order valence-corrected chi connectivity index (χ0v) is 12.5. The van der Waals surface area contributed by atoms with Crippen molar-refractivity contribution < 1.29 is 4.79 Å². The third-order valence-corrected chi connectivity index (χ3v) is 3.53. The summed E-state index contributed by atoms with van der Waals surface area (Å²) >= 11 is 0. The van der Waals surface area contributed by atoms with Gasteiger partial charge in [-0.05, 0) is 29.5 Å². The zero-order valence-electron chi connectivity index (χ0n) is 12.5. The third-order valence-electron chi connectivity index (χ3n) is 3.53. The summed E-state index contributed by atoms with van der Waals surface area (Å²) in [6.07, 6.45) is 0.786. The van der Waals surface area contributed by atoms with E-state index in [0.29, 0.717) is 0 Å². The molecule has 2 aromatic rings. The van der Waals surface area contributed by atoms with Crippen molar-refractivity contribution in [3.8, 4) is 0 Å². The van der Waals surface area contributed by atoms with Crippen LogP contribution in [0.25, 0.3) is 0 Å². The van der Waals surface area contributed by atoms with Gasteiger partial charge in [-0.15, -0.1) is 0 Å². The number of hydrogen-bond donors (Lipinski definition) is 2. The molecule has 0 bridgehead atoms. The Morgan fingerprint density at radius 3 is 2.33 bits per heavy atom. The molecule has 110 valence electrons. The lowest BCUT2D eigenvalue weighted by Crippen LogP contribution is -2.39. The van der Waals surface area contributed by atoms with Crippen molar-refractivity contribution in [2.24, 2.45) is 11.7 Å². The highest BCUT2D eigenvalue weighted by molar-refractivity contribution is 5.95. The zero-order chi connectivity index (χ0) is 15.2. The van der Waals surface area contributed by atoms with E-state index in [1.807, 2.05) is 56.3 Å². The fourth-order valence-electron chi connectivity index (χ4n) is 2.13. The number of hydrogen-bond acceptors (Lipinski definition) is 2. The number of amides is 1. The number of benzene rings is 2. The molecule has 0 aliphatic heterocycles. The molecule has 0 saturated carbocycles. The van der Waals surface area contributed by atoms with Crippen molar-refractivity contribution in [3.05, 3.63) is 65.7 Å². The van der Waals surface area contributed by atoms with Gasteiger partial charge in [0.05, 0.1) is 6.04 Å². The monoisotopic (exact) mass is 282 g/mol. The van der Waals surface area contributed by atoms with Gasteiger partial charge in [-0.1, -0.05) is 62.4 Å². The van der Waals surface area contributed by atoms with Crippen LogP contribution < -0.4 is 11.1 Å². The average Bonchev–Trinajstić information content (AvgIpc) is 2.49. The van der Waals surface area contributed by atoms with Crippen molar-refractivity contribution >= 4 is 11.6 Å². The first-order chi connectivity index (χ1) is 10.1. The summed E-state index contributed by atoms with van der Waals surface area (Å²) in [7, 11) is 0. The van der Waals surface area contributed by atoms with Crippen LogP contribution in [-0.2, 0) is 11.2 Å². The van der Waals surface area contributed by atoms with Gasteiger partial charge in [0.15, 0.2) is 0 Å². The number of carbonyl (C=O) groups is 1. The van der Waals surface area contributed by atoms with Gasteiger partial charge >= 0.3 is 0 Å². The van der Waals surface area contributed by atoms with Crippen molar-refractivity contribution in [1.82, 2.24) is 0 Å². The first-order valence-electron chi connectivity index (χ1n) is 7.26. The fourth-order valence-corrected chi connectivity index (χ4v) is 2.13. The second kappa shape index (κ2) is 7.04. The lowest BCUT2D eigenvalue weighted by molar-refractivity contribution is -0.118. The Morgan fingerprint density at radius 1 is 1.05 bits per heavy atom. The molecule has 0 radical (unpaired) electrons. The van der Waals surface area contributed by atoms with Crippen LogP contribution >= 0.6 is 0 Å².